The first-order valence-electron chi connectivity index (χ1n) is 12.4. The lowest BCUT2D eigenvalue weighted by molar-refractivity contribution is 0.250. The van der Waals surface area contributed by atoms with E-state index in [1.54, 1.807) is 0 Å². The van der Waals surface area contributed by atoms with Crippen LogP contribution in [0.25, 0.3) is 22.2 Å². The summed E-state index contributed by atoms with van der Waals surface area (Å²) in [5.41, 5.74) is 5.94. The number of aryl methyl sites for hydroxylation is 1. The number of piperazine rings is 1. The maximum atomic E-state index is 9.04. The van der Waals surface area contributed by atoms with Crippen LogP contribution in [0.5, 0.6) is 0 Å². The Hall–Kier alpha value is -3.64. The largest absolute Gasteiger partial charge is 0.369 e. The van der Waals surface area contributed by atoms with Crippen molar-refractivity contribution >= 4 is 16.7 Å². The van der Waals surface area contributed by atoms with Crippen molar-refractivity contribution in [1.29, 1.82) is 5.41 Å². The first-order chi connectivity index (χ1) is 17.1. The Morgan fingerprint density at radius 1 is 0.914 bits per heavy atom. The number of fused-ring (bicyclic) bond motifs is 1. The molecule has 3 heterocycles. The van der Waals surface area contributed by atoms with Gasteiger partial charge in [0.2, 0.25) is 0 Å². The van der Waals surface area contributed by atoms with Crippen LogP contribution in [0.2, 0.25) is 0 Å². The third kappa shape index (κ3) is 5.08. The van der Waals surface area contributed by atoms with Crippen LogP contribution in [0.1, 0.15) is 13.3 Å². The van der Waals surface area contributed by atoms with Crippen LogP contribution < -0.4 is 10.4 Å². The van der Waals surface area contributed by atoms with E-state index in [2.05, 4.69) is 69.6 Å². The summed E-state index contributed by atoms with van der Waals surface area (Å²) in [4.78, 5) is 9.79. The van der Waals surface area contributed by atoms with Crippen LogP contribution in [0.15, 0.2) is 85.3 Å². The van der Waals surface area contributed by atoms with Crippen molar-refractivity contribution in [3.63, 3.8) is 0 Å². The number of para-hydroxylation sites is 1. The fourth-order valence-electron chi connectivity index (χ4n) is 4.99. The lowest BCUT2D eigenvalue weighted by atomic mass is 10.1. The Morgan fingerprint density at radius 2 is 1.60 bits per heavy atom. The molecule has 0 amide bonds. The van der Waals surface area contributed by atoms with E-state index in [0.717, 1.165) is 73.4 Å². The fraction of sp³-hybridized carbons (Fsp3) is 0.310. The van der Waals surface area contributed by atoms with Gasteiger partial charge in [-0.05, 0) is 37.6 Å². The van der Waals surface area contributed by atoms with Gasteiger partial charge in [0.25, 0.3) is 0 Å². The number of rotatable bonds is 8. The van der Waals surface area contributed by atoms with Crippen LogP contribution in [0.3, 0.4) is 0 Å². The average molecular weight is 467 g/mol. The summed E-state index contributed by atoms with van der Waals surface area (Å²) in [7, 11) is 0. The molecule has 1 saturated heterocycles. The molecule has 5 rings (SSSR count). The van der Waals surface area contributed by atoms with Gasteiger partial charge >= 0.3 is 0 Å². The quantitative estimate of drug-likeness (QED) is 0.381. The average Bonchev–Trinajstić information content (AvgIpc) is 3.25. The van der Waals surface area contributed by atoms with Crippen molar-refractivity contribution < 1.29 is 0 Å². The van der Waals surface area contributed by atoms with Gasteiger partial charge in [0.05, 0.1) is 11.7 Å². The number of allylic oxidation sites excluding steroid dienone is 1. The van der Waals surface area contributed by atoms with E-state index in [-0.39, 0.29) is 0 Å². The molecular weight excluding hydrogens is 432 g/mol. The Labute approximate surface area is 207 Å². The van der Waals surface area contributed by atoms with Gasteiger partial charge in [0, 0.05) is 56.7 Å². The second kappa shape index (κ2) is 10.3. The minimum absolute atomic E-state index is 0.531. The van der Waals surface area contributed by atoms with E-state index in [4.69, 9.17) is 10.4 Å². The highest BCUT2D eigenvalue weighted by atomic mass is 15.3. The molecule has 0 bridgehead atoms. The molecule has 1 aliphatic heterocycles. The van der Waals surface area contributed by atoms with Crippen LogP contribution in [0, 0.1) is 5.41 Å². The zero-order valence-electron chi connectivity index (χ0n) is 20.5. The first kappa shape index (κ1) is 23.1. The molecular formula is C29H34N6. The van der Waals surface area contributed by atoms with Crippen molar-refractivity contribution in [3.05, 3.63) is 90.8 Å². The lowest BCUT2D eigenvalue weighted by Gasteiger charge is -2.36. The number of nitrogens with zero attached hydrogens (tertiary/aromatic N) is 5. The van der Waals surface area contributed by atoms with Gasteiger partial charge < -0.3 is 14.0 Å². The number of hydrogen-bond acceptors (Lipinski definition) is 4. The summed E-state index contributed by atoms with van der Waals surface area (Å²) >= 11 is 0. The molecule has 180 valence electrons. The van der Waals surface area contributed by atoms with Gasteiger partial charge in [0.1, 0.15) is 11.1 Å². The highest BCUT2D eigenvalue weighted by molar-refractivity contribution is 5.93. The maximum Gasteiger partial charge on any atom is 0.146 e. The molecule has 1 N–H and O–H groups in total. The molecule has 0 unspecified atom stereocenters. The van der Waals surface area contributed by atoms with Crippen molar-refractivity contribution in [3.8, 4) is 11.1 Å². The van der Waals surface area contributed by atoms with Gasteiger partial charge in [-0.3, -0.25) is 10.3 Å². The van der Waals surface area contributed by atoms with Crippen LogP contribution >= 0.6 is 0 Å². The highest BCUT2D eigenvalue weighted by Crippen LogP contribution is 2.27. The number of nitrogens with one attached hydrogen (secondary N) is 1. The minimum Gasteiger partial charge on any atom is -0.369 e. The second-order valence-electron chi connectivity index (χ2n) is 9.50. The van der Waals surface area contributed by atoms with Gasteiger partial charge in [-0.2, -0.15) is 0 Å². The van der Waals surface area contributed by atoms with Crippen molar-refractivity contribution in [2.24, 2.45) is 0 Å². The molecule has 35 heavy (non-hydrogen) atoms. The number of benzene rings is 2. The molecule has 0 saturated carbocycles. The first-order valence-corrected chi connectivity index (χ1v) is 12.4. The third-order valence-corrected chi connectivity index (χ3v) is 6.79. The van der Waals surface area contributed by atoms with E-state index in [1.165, 1.54) is 5.69 Å². The maximum absolute atomic E-state index is 9.04. The SMILES string of the molecule is C=C(C)Cn1cc(-c2ccccc2)c2c(=N)n(CCCN3CCN(c4ccccc4)CC3)cnc21. The Morgan fingerprint density at radius 3 is 2.29 bits per heavy atom. The molecule has 1 fully saturated rings. The second-order valence-corrected chi connectivity index (χ2v) is 9.50. The van der Waals surface area contributed by atoms with Crippen LogP contribution in [0.4, 0.5) is 5.69 Å². The Balaban J connectivity index is 1.29. The molecule has 0 aliphatic carbocycles. The van der Waals surface area contributed by atoms with Gasteiger partial charge in [-0.25, -0.2) is 4.98 Å². The summed E-state index contributed by atoms with van der Waals surface area (Å²) in [6.45, 7) is 12.9. The molecule has 2 aromatic heterocycles. The molecule has 6 heteroatoms. The van der Waals surface area contributed by atoms with E-state index in [1.807, 2.05) is 36.0 Å². The zero-order chi connectivity index (χ0) is 24.2. The lowest BCUT2D eigenvalue weighted by Crippen LogP contribution is -2.46. The minimum atomic E-state index is 0.531. The molecule has 6 nitrogen and oxygen atoms in total. The standard InChI is InChI=1S/C29H34N6/c1-23(2)20-35-21-26(24-10-5-3-6-11-24)27-28(30)34(22-31-29(27)35)15-9-14-32-16-18-33(19-17-32)25-12-7-4-8-13-25/h3-8,10-13,21-22,30H,1,9,14-20H2,2H3. The molecule has 0 spiro atoms. The Bertz CT molecular complexity index is 1340. The van der Waals surface area contributed by atoms with Crippen LogP contribution in [-0.4, -0.2) is 51.7 Å². The van der Waals surface area contributed by atoms with Crippen molar-refractivity contribution in [2.45, 2.75) is 26.4 Å². The summed E-state index contributed by atoms with van der Waals surface area (Å²) in [6, 6.07) is 21.0. The molecule has 0 radical (unpaired) electrons. The number of hydrogen-bond donors (Lipinski definition) is 1. The molecule has 2 aromatic carbocycles. The van der Waals surface area contributed by atoms with E-state index in [0.29, 0.717) is 12.0 Å². The zero-order valence-corrected chi connectivity index (χ0v) is 20.5. The molecule has 1 aliphatic rings. The smallest absolute Gasteiger partial charge is 0.146 e. The predicted octanol–water partition coefficient (Wildman–Crippen LogP) is 4.77. The van der Waals surface area contributed by atoms with Gasteiger partial charge in [-0.1, -0.05) is 60.7 Å². The van der Waals surface area contributed by atoms with E-state index >= 15 is 0 Å². The summed E-state index contributed by atoms with van der Waals surface area (Å²) in [5.74, 6) is 0. The fourth-order valence-corrected chi connectivity index (χ4v) is 4.99. The van der Waals surface area contributed by atoms with Gasteiger partial charge in [0.15, 0.2) is 0 Å². The van der Waals surface area contributed by atoms with Crippen molar-refractivity contribution in [2.75, 3.05) is 37.6 Å². The Kier molecular flexibility index (Phi) is 6.82. The predicted molar refractivity (Wildman–Crippen MR) is 144 cm³/mol. The topological polar surface area (TPSA) is 53.1 Å². The number of anilines is 1. The monoisotopic (exact) mass is 466 g/mol. The van der Waals surface area contributed by atoms with E-state index in [9.17, 15) is 0 Å². The normalized spacial score (nSPS) is 14.5. The van der Waals surface area contributed by atoms with E-state index < -0.39 is 0 Å². The molecule has 4 aromatic rings. The molecule has 0 atom stereocenters. The van der Waals surface area contributed by atoms with Gasteiger partial charge in [-0.15, -0.1) is 0 Å². The summed E-state index contributed by atoms with van der Waals surface area (Å²) in [6.07, 6.45) is 4.96. The summed E-state index contributed by atoms with van der Waals surface area (Å²) in [5, 5.41) is 9.95. The number of aromatic nitrogens is 3. The van der Waals surface area contributed by atoms with Crippen molar-refractivity contribution in [1.82, 2.24) is 19.0 Å². The summed E-state index contributed by atoms with van der Waals surface area (Å²) < 4.78 is 4.12. The highest BCUT2D eigenvalue weighted by Gasteiger charge is 2.18. The van der Waals surface area contributed by atoms with Crippen LogP contribution in [-0.2, 0) is 13.1 Å². The third-order valence-electron chi connectivity index (χ3n) is 6.79.